The highest BCUT2D eigenvalue weighted by atomic mass is 35.5. The number of amides is 2. The molecule has 134 valence electrons. The maximum Gasteiger partial charge on any atom is 0.251 e. The van der Waals surface area contributed by atoms with Gasteiger partial charge in [-0.05, 0) is 50.4 Å². The summed E-state index contributed by atoms with van der Waals surface area (Å²) in [7, 11) is 0. The Morgan fingerprint density at radius 1 is 1.38 bits per heavy atom. The molecule has 0 aliphatic carbocycles. The van der Waals surface area contributed by atoms with Gasteiger partial charge >= 0.3 is 0 Å². The highest BCUT2D eigenvalue weighted by Gasteiger charge is 2.20. The summed E-state index contributed by atoms with van der Waals surface area (Å²) >= 11 is 0. The monoisotopic (exact) mass is 353 g/mol. The molecule has 3 N–H and O–H groups in total. The van der Waals surface area contributed by atoms with Crippen molar-refractivity contribution >= 4 is 24.2 Å². The van der Waals surface area contributed by atoms with Gasteiger partial charge in [0.2, 0.25) is 5.91 Å². The van der Waals surface area contributed by atoms with Gasteiger partial charge in [0.25, 0.3) is 5.91 Å². The van der Waals surface area contributed by atoms with Crippen molar-refractivity contribution in [3.05, 3.63) is 35.4 Å². The lowest BCUT2D eigenvalue weighted by atomic mass is 9.99. The summed E-state index contributed by atoms with van der Waals surface area (Å²) in [4.78, 5) is 24.3. The van der Waals surface area contributed by atoms with Gasteiger partial charge in [0.15, 0.2) is 0 Å². The number of carbonyl (C=O) groups excluding carboxylic acids is 2. The van der Waals surface area contributed by atoms with Crippen LogP contribution in [0.5, 0.6) is 0 Å². The number of benzene rings is 1. The molecule has 1 aliphatic heterocycles. The maximum absolute atomic E-state index is 12.1. The Bertz CT molecular complexity index is 545. The zero-order chi connectivity index (χ0) is 16.7. The van der Waals surface area contributed by atoms with E-state index in [2.05, 4.69) is 16.0 Å². The highest BCUT2D eigenvalue weighted by Crippen LogP contribution is 2.11. The molecule has 24 heavy (non-hydrogen) atoms. The maximum atomic E-state index is 12.1. The van der Waals surface area contributed by atoms with Gasteiger partial charge in [0.05, 0.1) is 5.92 Å². The third-order valence-electron chi connectivity index (χ3n) is 4.31. The molecular weight excluding hydrogens is 326 g/mol. The van der Waals surface area contributed by atoms with Crippen LogP contribution in [-0.4, -0.2) is 30.9 Å². The molecule has 0 bridgehead atoms. The fourth-order valence-corrected chi connectivity index (χ4v) is 2.64. The van der Waals surface area contributed by atoms with Crippen molar-refractivity contribution in [3.63, 3.8) is 0 Å². The predicted octanol–water partition coefficient (Wildman–Crippen LogP) is 2.25. The molecule has 1 aromatic carbocycles. The Morgan fingerprint density at radius 2 is 2.17 bits per heavy atom. The molecule has 1 fully saturated rings. The minimum Gasteiger partial charge on any atom is -0.352 e. The average molecular weight is 354 g/mol. The lowest BCUT2D eigenvalue weighted by Gasteiger charge is -2.22. The molecule has 0 saturated carbocycles. The average Bonchev–Trinajstić information content (AvgIpc) is 2.60. The van der Waals surface area contributed by atoms with Crippen molar-refractivity contribution in [2.24, 2.45) is 5.92 Å². The number of hydrogen-bond donors (Lipinski definition) is 3. The van der Waals surface area contributed by atoms with Crippen LogP contribution >= 0.6 is 12.4 Å². The number of nitrogens with one attached hydrogen (secondary N) is 3. The van der Waals surface area contributed by atoms with E-state index in [-0.39, 0.29) is 36.2 Å². The van der Waals surface area contributed by atoms with Crippen molar-refractivity contribution in [1.82, 2.24) is 16.0 Å². The van der Waals surface area contributed by atoms with Gasteiger partial charge in [0, 0.05) is 24.7 Å². The Morgan fingerprint density at radius 3 is 2.83 bits per heavy atom. The first-order valence-electron chi connectivity index (χ1n) is 8.48. The van der Waals surface area contributed by atoms with E-state index in [1.165, 1.54) is 0 Å². The van der Waals surface area contributed by atoms with Crippen LogP contribution in [0.3, 0.4) is 0 Å². The lowest BCUT2D eigenvalue weighted by molar-refractivity contribution is -0.125. The molecule has 1 aliphatic rings. The van der Waals surface area contributed by atoms with Crippen LogP contribution in [0.2, 0.25) is 0 Å². The molecule has 1 heterocycles. The lowest BCUT2D eigenvalue weighted by Crippen LogP contribution is -2.40. The van der Waals surface area contributed by atoms with E-state index in [0.717, 1.165) is 37.9 Å². The molecule has 2 atom stereocenters. The van der Waals surface area contributed by atoms with Crippen LogP contribution in [0.4, 0.5) is 0 Å². The summed E-state index contributed by atoms with van der Waals surface area (Å²) in [5.74, 6) is 0.0799. The van der Waals surface area contributed by atoms with Crippen molar-refractivity contribution in [2.45, 2.75) is 45.7 Å². The fourth-order valence-electron chi connectivity index (χ4n) is 2.64. The van der Waals surface area contributed by atoms with Crippen LogP contribution < -0.4 is 16.0 Å². The Kier molecular flexibility index (Phi) is 8.79. The van der Waals surface area contributed by atoms with Gasteiger partial charge in [-0.3, -0.25) is 9.59 Å². The Balaban J connectivity index is 0.00000288. The predicted molar refractivity (Wildman–Crippen MR) is 98.3 cm³/mol. The van der Waals surface area contributed by atoms with Crippen LogP contribution in [0.25, 0.3) is 0 Å². The standard InChI is InChI=1S/C18H27N3O2.ClH/c1-3-13(2)21-18(23)15-7-4-6-14(10-15)11-20-17(22)16-8-5-9-19-12-16;/h4,6-7,10,13,16,19H,3,5,8-9,11-12H2,1-2H3,(H,20,22)(H,21,23);1H. The van der Waals surface area contributed by atoms with E-state index < -0.39 is 0 Å². The molecular formula is C18H28ClN3O2. The van der Waals surface area contributed by atoms with E-state index >= 15 is 0 Å². The first kappa shape index (κ1) is 20.5. The Hall–Kier alpha value is -1.59. The highest BCUT2D eigenvalue weighted by molar-refractivity contribution is 5.94. The zero-order valence-electron chi connectivity index (χ0n) is 14.4. The number of rotatable bonds is 6. The fraction of sp³-hybridized carbons (Fsp3) is 0.556. The molecule has 0 spiro atoms. The van der Waals surface area contributed by atoms with Crippen LogP contribution in [0, 0.1) is 5.92 Å². The summed E-state index contributed by atoms with van der Waals surface area (Å²) in [5.41, 5.74) is 1.58. The minimum absolute atomic E-state index is 0. The molecule has 2 rings (SSSR count). The summed E-state index contributed by atoms with van der Waals surface area (Å²) in [6, 6.07) is 7.59. The van der Waals surface area contributed by atoms with Crippen LogP contribution in [0.1, 0.15) is 49.0 Å². The zero-order valence-corrected chi connectivity index (χ0v) is 15.2. The van der Waals surface area contributed by atoms with Crippen molar-refractivity contribution in [1.29, 1.82) is 0 Å². The molecule has 2 amide bonds. The first-order chi connectivity index (χ1) is 11.1. The van der Waals surface area contributed by atoms with Crippen LogP contribution in [-0.2, 0) is 11.3 Å². The third-order valence-corrected chi connectivity index (χ3v) is 4.31. The van der Waals surface area contributed by atoms with E-state index in [1.807, 2.05) is 32.0 Å². The van der Waals surface area contributed by atoms with Gasteiger partial charge in [0.1, 0.15) is 0 Å². The van der Waals surface area contributed by atoms with Gasteiger partial charge in [-0.25, -0.2) is 0 Å². The summed E-state index contributed by atoms with van der Waals surface area (Å²) in [6.07, 6.45) is 2.89. The topological polar surface area (TPSA) is 70.2 Å². The molecule has 1 saturated heterocycles. The number of piperidine rings is 1. The van der Waals surface area contributed by atoms with E-state index in [4.69, 9.17) is 0 Å². The second-order valence-electron chi connectivity index (χ2n) is 6.24. The van der Waals surface area contributed by atoms with Crippen molar-refractivity contribution < 1.29 is 9.59 Å². The number of hydrogen-bond acceptors (Lipinski definition) is 3. The molecule has 2 unspecified atom stereocenters. The SMILES string of the molecule is CCC(C)NC(=O)c1cccc(CNC(=O)C2CCCNC2)c1.Cl. The van der Waals surface area contributed by atoms with Crippen molar-refractivity contribution in [2.75, 3.05) is 13.1 Å². The third kappa shape index (κ3) is 6.13. The summed E-state index contributed by atoms with van der Waals surface area (Å²) < 4.78 is 0. The molecule has 0 aromatic heterocycles. The van der Waals surface area contributed by atoms with Crippen molar-refractivity contribution in [3.8, 4) is 0 Å². The van der Waals surface area contributed by atoms with Gasteiger partial charge in [-0.1, -0.05) is 19.1 Å². The largest absolute Gasteiger partial charge is 0.352 e. The van der Waals surface area contributed by atoms with E-state index in [1.54, 1.807) is 6.07 Å². The molecule has 5 nitrogen and oxygen atoms in total. The second-order valence-corrected chi connectivity index (χ2v) is 6.24. The number of carbonyl (C=O) groups is 2. The Labute approximate surface area is 150 Å². The summed E-state index contributed by atoms with van der Waals surface area (Å²) in [5, 5.41) is 9.18. The second kappa shape index (κ2) is 10.3. The van der Waals surface area contributed by atoms with Crippen LogP contribution in [0.15, 0.2) is 24.3 Å². The minimum atomic E-state index is -0.0657. The van der Waals surface area contributed by atoms with Gasteiger partial charge < -0.3 is 16.0 Å². The molecule has 0 radical (unpaired) electrons. The first-order valence-corrected chi connectivity index (χ1v) is 8.48. The van der Waals surface area contributed by atoms with E-state index in [0.29, 0.717) is 12.1 Å². The molecule has 6 heteroatoms. The van der Waals surface area contributed by atoms with Gasteiger partial charge in [-0.15, -0.1) is 12.4 Å². The quantitative estimate of drug-likeness (QED) is 0.734. The van der Waals surface area contributed by atoms with E-state index in [9.17, 15) is 9.59 Å². The molecule has 1 aromatic rings. The summed E-state index contributed by atoms with van der Waals surface area (Å²) in [6.45, 7) is 6.23. The number of halogens is 1. The smallest absolute Gasteiger partial charge is 0.251 e. The van der Waals surface area contributed by atoms with Gasteiger partial charge in [-0.2, -0.15) is 0 Å². The normalized spacial score (nSPS) is 18.2.